The third kappa shape index (κ3) is 2.70. The monoisotopic (exact) mass is 283 g/mol. The number of carbonyl (C=O) groups excluding carboxylic acids is 1. The SMILES string of the molecule is Cc1cccc(C)c1-n1nnnc1NC(=O)C(F)Cl. The summed E-state index contributed by atoms with van der Waals surface area (Å²) in [5.41, 5.74) is 0.423. The number of benzene rings is 1. The summed E-state index contributed by atoms with van der Waals surface area (Å²) in [7, 11) is 0. The Labute approximate surface area is 113 Å². The van der Waals surface area contributed by atoms with Gasteiger partial charge in [0, 0.05) is 0 Å². The minimum atomic E-state index is -2.15. The molecular formula is C11H11ClFN5O. The van der Waals surface area contributed by atoms with E-state index in [9.17, 15) is 9.18 Å². The Morgan fingerprint density at radius 2 is 2.05 bits per heavy atom. The molecular weight excluding hydrogens is 273 g/mol. The van der Waals surface area contributed by atoms with Gasteiger partial charge in [-0.3, -0.25) is 10.1 Å². The highest BCUT2D eigenvalue weighted by molar-refractivity contribution is 6.31. The van der Waals surface area contributed by atoms with Crippen LogP contribution in [-0.2, 0) is 4.79 Å². The van der Waals surface area contributed by atoms with E-state index in [1.54, 1.807) is 0 Å². The van der Waals surface area contributed by atoms with E-state index in [1.807, 2.05) is 32.0 Å². The van der Waals surface area contributed by atoms with Gasteiger partial charge in [-0.2, -0.15) is 4.68 Å². The Balaban J connectivity index is 2.42. The molecule has 6 nitrogen and oxygen atoms in total. The van der Waals surface area contributed by atoms with Crippen molar-refractivity contribution in [3.05, 3.63) is 29.3 Å². The first-order valence-electron chi connectivity index (χ1n) is 5.44. The molecule has 0 radical (unpaired) electrons. The number of hydrogen-bond acceptors (Lipinski definition) is 4. The van der Waals surface area contributed by atoms with Gasteiger partial charge in [-0.1, -0.05) is 34.9 Å². The van der Waals surface area contributed by atoms with Gasteiger partial charge in [-0.15, -0.1) is 0 Å². The molecule has 1 amide bonds. The molecule has 0 bridgehead atoms. The standard InChI is InChI=1S/C11H11ClFN5O/c1-6-4-3-5-7(2)8(6)18-11(15-16-17-18)14-10(19)9(12)13/h3-5,9H,1-2H3,(H,14,15,17,19). The number of rotatable bonds is 3. The zero-order valence-corrected chi connectivity index (χ0v) is 11.0. The van der Waals surface area contributed by atoms with Gasteiger partial charge in [0.1, 0.15) is 0 Å². The first-order chi connectivity index (χ1) is 9.00. The van der Waals surface area contributed by atoms with Crippen LogP contribution >= 0.6 is 11.6 Å². The first-order valence-corrected chi connectivity index (χ1v) is 5.88. The van der Waals surface area contributed by atoms with Crippen LogP contribution in [0.25, 0.3) is 5.69 Å². The van der Waals surface area contributed by atoms with E-state index in [4.69, 9.17) is 11.6 Å². The summed E-state index contributed by atoms with van der Waals surface area (Å²) in [5.74, 6) is -0.991. The third-order valence-corrected chi connectivity index (χ3v) is 2.75. The van der Waals surface area contributed by atoms with Crippen LogP contribution in [0.1, 0.15) is 11.1 Å². The fraction of sp³-hybridized carbons (Fsp3) is 0.273. The van der Waals surface area contributed by atoms with E-state index in [0.717, 1.165) is 16.8 Å². The van der Waals surface area contributed by atoms with E-state index in [2.05, 4.69) is 20.8 Å². The largest absolute Gasteiger partial charge is 0.289 e. The molecule has 1 heterocycles. The average molecular weight is 284 g/mol. The second kappa shape index (κ2) is 5.31. The van der Waals surface area contributed by atoms with E-state index in [0.29, 0.717) is 0 Å². The van der Waals surface area contributed by atoms with Crippen LogP contribution in [0.4, 0.5) is 10.3 Å². The lowest BCUT2D eigenvalue weighted by molar-refractivity contribution is -0.118. The number of tetrazole rings is 1. The van der Waals surface area contributed by atoms with Gasteiger partial charge in [0.15, 0.2) is 0 Å². The molecule has 1 aromatic heterocycles. The zero-order chi connectivity index (χ0) is 14.0. The van der Waals surface area contributed by atoms with Crippen LogP contribution in [0.15, 0.2) is 18.2 Å². The minimum Gasteiger partial charge on any atom is -0.289 e. The van der Waals surface area contributed by atoms with Crippen LogP contribution in [0, 0.1) is 13.8 Å². The number of para-hydroxylation sites is 1. The summed E-state index contributed by atoms with van der Waals surface area (Å²) in [6.07, 6.45) is 0. The molecule has 0 fully saturated rings. The number of aromatic nitrogens is 4. The van der Waals surface area contributed by atoms with Gasteiger partial charge < -0.3 is 0 Å². The van der Waals surface area contributed by atoms with E-state index >= 15 is 0 Å². The number of nitrogens with zero attached hydrogens (tertiary/aromatic N) is 4. The number of carbonyl (C=O) groups is 1. The summed E-state index contributed by atoms with van der Waals surface area (Å²) in [4.78, 5) is 11.2. The van der Waals surface area contributed by atoms with Crippen LogP contribution in [0.3, 0.4) is 0 Å². The van der Waals surface area contributed by atoms with Crippen molar-refractivity contribution in [1.82, 2.24) is 20.2 Å². The molecule has 1 aromatic carbocycles. The number of hydrogen-bond donors (Lipinski definition) is 1. The molecule has 0 saturated heterocycles. The fourth-order valence-corrected chi connectivity index (χ4v) is 1.77. The van der Waals surface area contributed by atoms with Crippen molar-refractivity contribution in [2.45, 2.75) is 19.5 Å². The summed E-state index contributed by atoms with van der Waals surface area (Å²) >= 11 is 5.05. The predicted molar refractivity (Wildman–Crippen MR) is 68.0 cm³/mol. The maximum absolute atomic E-state index is 12.7. The van der Waals surface area contributed by atoms with Gasteiger partial charge in [-0.25, -0.2) is 4.39 Å². The number of aryl methyl sites for hydroxylation is 2. The molecule has 0 spiro atoms. The Kier molecular flexibility index (Phi) is 3.75. The lowest BCUT2D eigenvalue weighted by Gasteiger charge is -2.11. The van der Waals surface area contributed by atoms with Gasteiger partial charge in [-0.05, 0) is 35.4 Å². The maximum atomic E-state index is 12.7. The van der Waals surface area contributed by atoms with Crippen LogP contribution in [-0.4, -0.2) is 31.7 Å². The zero-order valence-electron chi connectivity index (χ0n) is 10.3. The number of amides is 1. The summed E-state index contributed by atoms with van der Waals surface area (Å²) in [6, 6.07) is 5.66. The first kappa shape index (κ1) is 13.4. The summed E-state index contributed by atoms with van der Waals surface area (Å²) in [6.45, 7) is 3.77. The maximum Gasteiger partial charge on any atom is 0.276 e. The van der Waals surface area contributed by atoms with Crippen LogP contribution in [0.5, 0.6) is 0 Å². The van der Waals surface area contributed by atoms with E-state index in [-0.39, 0.29) is 5.95 Å². The highest BCUT2D eigenvalue weighted by Crippen LogP contribution is 2.20. The van der Waals surface area contributed by atoms with E-state index < -0.39 is 11.5 Å². The quantitative estimate of drug-likeness (QED) is 0.871. The Bertz CT molecular complexity index is 593. The van der Waals surface area contributed by atoms with Gasteiger partial charge in [0.2, 0.25) is 0 Å². The van der Waals surface area contributed by atoms with Crippen molar-refractivity contribution in [3.8, 4) is 5.69 Å². The average Bonchev–Trinajstić information content (AvgIpc) is 2.77. The molecule has 1 N–H and O–H groups in total. The molecule has 1 unspecified atom stereocenters. The van der Waals surface area contributed by atoms with Gasteiger partial charge in [0.05, 0.1) is 5.69 Å². The lowest BCUT2D eigenvalue weighted by Crippen LogP contribution is -2.22. The topological polar surface area (TPSA) is 72.7 Å². The number of nitrogens with one attached hydrogen (secondary N) is 1. The van der Waals surface area contributed by atoms with Crippen molar-refractivity contribution in [3.63, 3.8) is 0 Å². The Morgan fingerprint density at radius 1 is 1.42 bits per heavy atom. The second-order valence-corrected chi connectivity index (χ2v) is 4.33. The third-order valence-electron chi connectivity index (χ3n) is 2.55. The van der Waals surface area contributed by atoms with Crippen molar-refractivity contribution in [1.29, 1.82) is 0 Å². The van der Waals surface area contributed by atoms with E-state index in [1.165, 1.54) is 4.68 Å². The molecule has 0 aliphatic heterocycles. The molecule has 8 heteroatoms. The fourth-order valence-electron chi connectivity index (χ4n) is 1.72. The molecule has 0 aliphatic carbocycles. The molecule has 2 aromatic rings. The number of halogens is 2. The summed E-state index contributed by atoms with van der Waals surface area (Å²) < 4.78 is 14.0. The Hall–Kier alpha value is -2.02. The smallest absolute Gasteiger partial charge is 0.276 e. The lowest BCUT2D eigenvalue weighted by atomic mass is 10.1. The van der Waals surface area contributed by atoms with Crippen molar-refractivity contribution < 1.29 is 9.18 Å². The highest BCUT2D eigenvalue weighted by atomic mass is 35.5. The second-order valence-electron chi connectivity index (χ2n) is 3.94. The normalized spacial score (nSPS) is 12.2. The molecule has 19 heavy (non-hydrogen) atoms. The van der Waals surface area contributed by atoms with Crippen molar-refractivity contribution in [2.24, 2.45) is 0 Å². The van der Waals surface area contributed by atoms with Crippen LogP contribution in [0.2, 0.25) is 0 Å². The van der Waals surface area contributed by atoms with Gasteiger partial charge >= 0.3 is 0 Å². The molecule has 0 saturated carbocycles. The minimum absolute atomic E-state index is 0.0192. The number of alkyl halides is 2. The van der Waals surface area contributed by atoms with Crippen LogP contribution < -0.4 is 5.32 Å². The Morgan fingerprint density at radius 3 is 2.63 bits per heavy atom. The summed E-state index contributed by atoms with van der Waals surface area (Å²) in [5, 5.41) is 13.1. The molecule has 2 rings (SSSR count). The van der Waals surface area contributed by atoms with Crippen molar-refractivity contribution >= 4 is 23.5 Å². The predicted octanol–water partition coefficient (Wildman–Crippen LogP) is 1.75. The van der Waals surface area contributed by atoms with Crippen molar-refractivity contribution in [2.75, 3.05) is 5.32 Å². The molecule has 100 valence electrons. The molecule has 0 aliphatic rings. The number of anilines is 1. The highest BCUT2D eigenvalue weighted by Gasteiger charge is 2.19. The van der Waals surface area contributed by atoms with Gasteiger partial charge in [0.25, 0.3) is 17.5 Å². The molecule has 1 atom stereocenters.